The quantitative estimate of drug-likeness (QED) is 0.819. The van der Waals surface area contributed by atoms with Crippen LogP contribution in [0, 0.1) is 12.8 Å². The number of benzene rings is 1. The second kappa shape index (κ2) is 7.46. The maximum atomic E-state index is 12.1. The van der Waals surface area contributed by atoms with E-state index in [1.807, 2.05) is 32.2 Å². The molecule has 0 atom stereocenters. The van der Waals surface area contributed by atoms with Crippen molar-refractivity contribution in [3.05, 3.63) is 23.8 Å². The van der Waals surface area contributed by atoms with Gasteiger partial charge in [-0.15, -0.1) is 0 Å². The van der Waals surface area contributed by atoms with Crippen molar-refractivity contribution in [2.45, 2.75) is 39.0 Å². The van der Waals surface area contributed by atoms with Crippen molar-refractivity contribution in [1.82, 2.24) is 4.90 Å². The van der Waals surface area contributed by atoms with E-state index in [2.05, 4.69) is 10.2 Å². The second-order valence-corrected chi connectivity index (χ2v) is 6.32. The molecular weight excluding hydrogens is 262 g/mol. The van der Waals surface area contributed by atoms with Crippen molar-refractivity contribution in [2.75, 3.05) is 31.2 Å². The Balaban J connectivity index is 1.81. The highest BCUT2D eigenvalue weighted by Gasteiger charge is 2.17. The molecule has 0 saturated heterocycles. The van der Waals surface area contributed by atoms with Crippen LogP contribution in [0.25, 0.3) is 0 Å². The Morgan fingerprint density at radius 3 is 2.76 bits per heavy atom. The summed E-state index contributed by atoms with van der Waals surface area (Å²) in [5.41, 5.74) is 8.28. The van der Waals surface area contributed by atoms with Gasteiger partial charge in [-0.25, -0.2) is 0 Å². The minimum absolute atomic E-state index is 0.0296. The smallest absolute Gasteiger partial charge is 0.238 e. The Morgan fingerprint density at radius 2 is 2.05 bits per heavy atom. The van der Waals surface area contributed by atoms with Crippen LogP contribution < -0.4 is 11.1 Å². The summed E-state index contributed by atoms with van der Waals surface area (Å²) in [7, 11) is 2.03. The van der Waals surface area contributed by atoms with Gasteiger partial charge >= 0.3 is 0 Å². The Bertz CT molecular complexity index is 481. The summed E-state index contributed by atoms with van der Waals surface area (Å²) in [6.45, 7) is 3.43. The van der Waals surface area contributed by atoms with Crippen LogP contribution in [0.2, 0.25) is 0 Å². The van der Waals surface area contributed by atoms with E-state index in [-0.39, 0.29) is 5.91 Å². The van der Waals surface area contributed by atoms with Crippen molar-refractivity contribution in [3.63, 3.8) is 0 Å². The van der Waals surface area contributed by atoms with E-state index in [4.69, 9.17) is 5.73 Å². The van der Waals surface area contributed by atoms with Crippen LogP contribution in [0.3, 0.4) is 0 Å². The third-order valence-electron chi connectivity index (χ3n) is 4.24. The summed E-state index contributed by atoms with van der Waals surface area (Å²) in [5, 5.41) is 2.96. The molecule has 0 aliphatic heterocycles. The van der Waals surface area contributed by atoms with Crippen LogP contribution in [0.4, 0.5) is 11.4 Å². The molecule has 0 spiro atoms. The molecule has 1 aliphatic carbocycles. The largest absolute Gasteiger partial charge is 0.399 e. The minimum Gasteiger partial charge on any atom is -0.399 e. The molecule has 1 saturated carbocycles. The normalized spacial score (nSPS) is 16.1. The minimum atomic E-state index is 0.0296. The molecule has 0 aromatic heterocycles. The van der Waals surface area contributed by atoms with Crippen molar-refractivity contribution in [2.24, 2.45) is 5.92 Å². The maximum absolute atomic E-state index is 12.1. The van der Waals surface area contributed by atoms with Gasteiger partial charge in [0.25, 0.3) is 0 Å². The molecular formula is C17H27N3O. The summed E-state index contributed by atoms with van der Waals surface area (Å²) in [6, 6.07) is 5.59. The summed E-state index contributed by atoms with van der Waals surface area (Å²) < 4.78 is 0. The summed E-state index contributed by atoms with van der Waals surface area (Å²) in [6.07, 6.45) is 6.66. The molecule has 1 amide bonds. The molecule has 1 fully saturated rings. The second-order valence-electron chi connectivity index (χ2n) is 6.32. The van der Waals surface area contributed by atoms with E-state index in [0.717, 1.165) is 23.7 Å². The molecule has 1 aromatic rings. The van der Waals surface area contributed by atoms with Crippen LogP contribution in [0.1, 0.15) is 37.7 Å². The Labute approximate surface area is 127 Å². The van der Waals surface area contributed by atoms with Gasteiger partial charge < -0.3 is 11.1 Å². The van der Waals surface area contributed by atoms with Crippen molar-refractivity contribution in [1.29, 1.82) is 0 Å². The van der Waals surface area contributed by atoms with Crippen molar-refractivity contribution >= 4 is 17.3 Å². The average Bonchev–Trinajstić information content (AvgIpc) is 2.43. The Kier molecular flexibility index (Phi) is 5.62. The SMILES string of the molecule is Cc1ccc(N)cc1NC(=O)CN(C)CC1CCCCC1. The van der Waals surface area contributed by atoms with Gasteiger partial charge in [-0.2, -0.15) is 0 Å². The lowest BCUT2D eigenvalue weighted by Gasteiger charge is -2.26. The fourth-order valence-corrected chi connectivity index (χ4v) is 3.08. The molecule has 0 heterocycles. The first-order valence-electron chi connectivity index (χ1n) is 7.89. The maximum Gasteiger partial charge on any atom is 0.238 e. The highest BCUT2D eigenvalue weighted by molar-refractivity contribution is 5.93. The zero-order valence-corrected chi connectivity index (χ0v) is 13.2. The van der Waals surface area contributed by atoms with Gasteiger partial charge in [0.2, 0.25) is 5.91 Å². The number of carbonyl (C=O) groups excluding carboxylic acids is 1. The molecule has 2 rings (SSSR count). The molecule has 0 unspecified atom stereocenters. The highest BCUT2D eigenvalue weighted by Crippen LogP contribution is 2.24. The van der Waals surface area contributed by atoms with Gasteiger partial charge in [0.15, 0.2) is 0 Å². The van der Waals surface area contributed by atoms with Gasteiger partial charge in [0.05, 0.1) is 6.54 Å². The number of hydrogen-bond acceptors (Lipinski definition) is 3. The van der Waals surface area contributed by atoms with Crippen LogP contribution >= 0.6 is 0 Å². The number of aryl methyl sites for hydroxylation is 1. The standard InChI is InChI=1S/C17H27N3O/c1-13-8-9-15(18)10-16(13)19-17(21)12-20(2)11-14-6-4-3-5-7-14/h8-10,14H,3-7,11-12,18H2,1-2H3,(H,19,21). The molecule has 4 heteroatoms. The number of carbonyl (C=O) groups is 1. The number of amides is 1. The van der Waals surface area contributed by atoms with Gasteiger partial charge in [-0.1, -0.05) is 25.3 Å². The number of anilines is 2. The van der Waals surface area contributed by atoms with E-state index in [1.54, 1.807) is 0 Å². The fraction of sp³-hybridized carbons (Fsp3) is 0.588. The average molecular weight is 289 g/mol. The summed E-state index contributed by atoms with van der Waals surface area (Å²) >= 11 is 0. The predicted molar refractivity (Wildman–Crippen MR) is 88.3 cm³/mol. The predicted octanol–water partition coefficient (Wildman–Crippen LogP) is 3.03. The Morgan fingerprint density at radius 1 is 1.33 bits per heavy atom. The molecule has 21 heavy (non-hydrogen) atoms. The highest BCUT2D eigenvalue weighted by atomic mass is 16.2. The number of nitrogen functional groups attached to an aromatic ring is 1. The first-order chi connectivity index (χ1) is 10.0. The monoisotopic (exact) mass is 289 g/mol. The Hall–Kier alpha value is -1.55. The van der Waals surface area contributed by atoms with E-state index in [0.29, 0.717) is 12.2 Å². The molecule has 116 valence electrons. The van der Waals surface area contributed by atoms with Crippen LogP contribution in [0.5, 0.6) is 0 Å². The molecule has 4 nitrogen and oxygen atoms in total. The molecule has 3 N–H and O–H groups in total. The molecule has 0 bridgehead atoms. The number of hydrogen-bond donors (Lipinski definition) is 2. The van der Waals surface area contributed by atoms with E-state index < -0.39 is 0 Å². The van der Waals surface area contributed by atoms with E-state index >= 15 is 0 Å². The van der Waals surface area contributed by atoms with Gasteiger partial charge in [0.1, 0.15) is 0 Å². The van der Waals surface area contributed by atoms with Gasteiger partial charge in [-0.3, -0.25) is 9.69 Å². The van der Waals surface area contributed by atoms with E-state index in [9.17, 15) is 4.79 Å². The number of likely N-dealkylation sites (N-methyl/N-ethyl adjacent to an activating group) is 1. The number of rotatable bonds is 5. The van der Waals surface area contributed by atoms with Gasteiger partial charge in [0, 0.05) is 17.9 Å². The zero-order chi connectivity index (χ0) is 15.2. The molecule has 0 radical (unpaired) electrons. The summed E-state index contributed by atoms with van der Waals surface area (Å²) in [5.74, 6) is 0.785. The fourth-order valence-electron chi connectivity index (χ4n) is 3.08. The number of nitrogens with zero attached hydrogens (tertiary/aromatic N) is 1. The van der Waals surface area contributed by atoms with E-state index in [1.165, 1.54) is 32.1 Å². The summed E-state index contributed by atoms with van der Waals surface area (Å²) in [4.78, 5) is 14.3. The molecule has 1 aromatic carbocycles. The lowest BCUT2D eigenvalue weighted by Crippen LogP contribution is -2.34. The third-order valence-corrected chi connectivity index (χ3v) is 4.24. The van der Waals surface area contributed by atoms with Gasteiger partial charge in [-0.05, 0) is 50.4 Å². The number of nitrogens with one attached hydrogen (secondary N) is 1. The lowest BCUT2D eigenvalue weighted by atomic mass is 9.89. The van der Waals surface area contributed by atoms with Crippen molar-refractivity contribution < 1.29 is 4.79 Å². The number of nitrogens with two attached hydrogens (primary N) is 1. The first kappa shape index (κ1) is 15.8. The third kappa shape index (κ3) is 5.05. The lowest BCUT2D eigenvalue weighted by molar-refractivity contribution is -0.117. The van der Waals surface area contributed by atoms with Crippen LogP contribution in [-0.4, -0.2) is 30.9 Å². The topological polar surface area (TPSA) is 58.4 Å². The zero-order valence-electron chi connectivity index (χ0n) is 13.2. The first-order valence-corrected chi connectivity index (χ1v) is 7.89. The van der Waals surface area contributed by atoms with Crippen molar-refractivity contribution in [3.8, 4) is 0 Å². The van der Waals surface area contributed by atoms with Crippen LogP contribution in [-0.2, 0) is 4.79 Å². The van der Waals surface area contributed by atoms with Crippen LogP contribution in [0.15, 0.2) is 18.2 Å². The molecule has 1 aliphatic rings.